The molecule has 0 aliphatic rings. The molecule has 0 bridgehead atoms. The molecule has 2 N–H and O–H groups in total. The van der Waals surface area contributed by atoms with Crippen LogP contribution in [0.1, 0.15) is 22.8 Å². The van der Waals surface area contributed by atoms with E-state index in [4.69, 9.17) is 17.3 Å². The van der Waals surface area contributed by atoms with Gasteiger partial charge in [-0.25, -0.2) is 4.79 Å². The lowest BCUT2D eigenvalue weighted by Crippen LogP contribution is -2.42. The Morgan fingerprint density at radius 2 is 1.93 bits per heavy atom. The Kier molecular flexibility index (Phi) is 5.67. The maximum Gasteiger partial charge on any atom is 0.332 e. The Balaban J connectivity index is 1.95. The number of aryl methyl sites for hydroxylation is 1. The molecule has 0 aliphatic carbocycles. The third-order valence-corrected chi connectivity index (χ3v) is 6.02. The molecule has 0 radical (unpaired) electrons. The van der Waals surface area contributed by atoms with E-state index in [0.29, 0.717) is 10.2 Å². The van der Waals surface area contributed by atoms with Gasteiger partial charge in [0.05, 0.1) is 10.9 Å². The fourth-order valence-corrected chi connectivity index (χ4v) is 3.80. The highest BCUT2D eigenvalue weighted by Crippen LogP contribution is 2.28. The number of halogens is 1. The van der Waals surface area contributed by atoms with Crippen LogP contribution >= 0.6 is 23.4 Å². The molecule has 1 unspecified atom stereocenters. The summed E-state index contributed by atoms with van der Waals surface area (Å²) in [5.74, 6) is -0.664. The van der Waals surface area contributed by atoms with Gasteiger partial charge in [-0.2, -0.15) is 0 Å². The molecule has 2 heterocycles. The highest BCUT2D eigenvalue weighted by molar-refractivity contribution is 8.00. The predicted molar refractivity (Wildman–Crippen MR) is 112 cm³/mol. The molecule has 152 valence electrons. The number of nitrogen functional groups attached to an aromatic ring is 1. The Morgan fingerprint density at radius 1 is 1.24 bits per heavy atom. The van der Waals surface area contributed by atoms with E-state index in [0.717, 1.165) is 32.1 Å². The first kappa shape index (κ1) is 20.9. The summed E-state index contributed by atoms with van der Waals surface area (Å²) in [4.78, 5) is 37.4. The van der Waals surface area contributed by atoms with Gasteiger partial charge in [-0.05, 0) is 31.5 Å². The van der Waals surface area contributed by atoms with Crippen molar-refractivity contribution < 1.29 is 4.79 Å². The Labute approximate surface area is 175 Å². The number of nitrogens with two attached hydrogens (primary N) is 1. The van der Waals surface area contributed by atoms with Gasteiger partial charge in [-0.3, -0.25) is 23.3 Å². The monoisotopic (exact) mass is 434 g/mol. The summed E-state index contributed by atoms with van der Waals surface area (Å²) in [6, 6.07) is 5.51. The van der Waals surface area contributed by atoms with Gasteiger partial charge in [0, 0.05) is 19.1 Å². The molecule has 3 aromatic rings. The standard InChI is InChI=1S/C18H19ClN6O3S/c1-9-5-6-11(7-12(9)19)25-8-21-22-17(25)29-10(2)14(26)13-15(20)23(3)18(28)24(4)16(13)27/h5-8,10H,20H2,1-4H3. The van der Waals surface area contributed by atoms with Crippen molar-refractivity contribution in [3.05, 3.63) is 61.5 Å². The van der Waals surface area contributed by atoms with Gasteiger partial charge in [0.25, 0.3) is 5.56 Å². The first-order valence-electron chi connectivity index (χ1n) is 8.56. The molecule has 1 aromatic carbocycles. The number of ketones is 1. The molecule has 3 rings (SSSR count). The average molecular weight is 435 g/mol. The smallest absolute Gasteiger partial charge is 0.332 e. The van der Waals surface area contributed by atoms with Crippen molar-refractivity contribution in [1.29, 1.82) is 0 Å². The van der Waals surface area contributed by atoms with E-state index in [2.05, 4.69) is 10.2 Å². The third-order valence-electron chi connectivity index (χ3n) is 4.56. The lowest BCUT2D eigenvalue weighted by molar-refractivity contribution is 0.0992. The van der Waals surface area contributed by atoms with Crippen LogP contribution in [-0.4, -0.2) is 34.9 Å². The number of benzene rings is 1. The van der Waals surface area contributed by atoms with Crippen LogP contribution in [0.15, 0.2) is 39.3 Å². The molecule has 9 nitrogen and oxygen atoms in total. The maximum absolute atomic E-state index is 13.0. The highest BCUT2D eigenvalue weighted by Gasteiger charge is 2.26. The second-order valence-electron chi connectivity index (χ2n) is 6.51. The number of carbonyl (C=O) groups excluding carboxylic acids is 1. The van der Waals surface area contributed by atoms with Gasteiger partial charge in [0.15, 0.2) is 10.9 Å². The third kappa shape index (κ3) is 3.73. The number of rotatable bonds is 5. The summed E-state index contributed by atoms with van der Waals surface area (Å²) < 4.78 is 3.63. The van der Waals surface area contributed by atoms with Gasteiger partial charge in [0.1, 0.15) is 17.7 Å². The van der Waals surface area contributed by atoms with Crippen LogP contribution in [0.4, 0.5) is 5.82 Å². The normalized spacial score (nSPS) is 12.2. The number of aromatic nitrogens is 5. The molecule has 0 fully saturated rings. The summed E-state index contributed by atoms with van der Waals surface area (Å²) in [6.07, 6.45) is 1.51. The molecule has 0 saturated carbocycles. The molecule has 1 atom stereocenters. The molecule has 2 aromatic heterocycles. The van der Waals surface area contributed by atoms with Crippen LogP contribution in [0.5, 0.6) is 0 Å². The van der Waals surface area contributed by atoms with E-state index >= 15 is 0 Å². The quantitative estimate of drug-likeness (QED) is 0.478. The first-order valence-corrected chi connectivity index (χ1v) is 9.82. The minimum Gasteiger partial charge on any atom is -0.384 e. The molecule has 11 heteroatoms. The number of nitrogens with zero attached hydrogens (tertiary/aromatic N) is 5. The summed E-state index contributed by atoms with van der Waals surface area (Å²) in [5, 5.41) is 8.32. The Hall–Kier alpha value is -2.85. The largest absolute Gasteiger partial charge is 0.384 e. The zero-order valence-corrected chi connectivity index (χ0v) is 17.8. The number of anilines is 1. The van der Waals surface area contributed by atoms with Crippen LogP contribution in [-0.2, 0) is 14.1 Å². The second kappa shape index (κ2) is 7.88. The van der Waals surface area contributed by atoms with Crippen molar-refractivity contribution in [2.24, 2.45) is 14.1 Å². The molecule has 0 amide bonds. The lowest BCUT2D eigenvalue weighted by Gasteiger charge is -2.14. The number of hydrogen-bond donors (Lipinski definition) is 1. The minimum atomic E-state index is -0.727. The summed E-state index contributed by atoms with van der Waals surface area (Å²) in [7, 11) is 2.71. The van der Waals surface area contributed by atoms with E-state index in [1.54, 1.807) is 17.6 Å². The van der Waals surface area contributed by atoms with E-state index in [-0.39, 0.29) is 11.4 Å². The van der Waals surface area contributed by atoms with Crippen molar-refractivity contribution in [2.45, 2.75) is 24.3 Å². The van der Waals surface area contributed by atoms with Crippen molar-refractivity contribution >= 4 is 35.0 Å². The highest BCUT2D eigenvalue weighted by atomic mass is 35.5. The second-order valence-corrected chi connectivity index (χ2v) is 8.22. The van der Waals surface area contributed by atoms with E-state index in [1.807, 2.05) is 19.1 Å². The number of hydrogen-bond acceptors (Lipinski definition) is 7. The summed E-state index contributed by atoms with van der Waals surface area (Å²) >= 11 is 7.33. The molecule has 0 spiro atoms. The van der Waals surface area contributed by atoms with E-state index in [9.17, 15) is 14.4 Å². The van der Waals surface area contributed by atoms with Crippen LogP contribution < -0.4 is 17.0 Å². The zero-order valence-electron chi connectivity index (χ0n) is 16.2. The van der Waals surface area contributed by atoms with Crippen molar-refractivity contribution in [1.82, 2.24) is 23.9 Å². The topological polar surface area (TPSA) is 118 Å². The van der Waals surface area contributed by atoms with Crippen molar-refractivity contribution in [3.8, 4) is 5.69 Å². The van der Waals surface area contributed by atoms with E-state index < -0.39 is 22.3 Å². The van der Waals surface area contributed by atoms with Gasteiger partial charge in [-0.15, -0.1) is 10.2 Å². The van der Waals surface area contributed by atoms with Crippen LogP contribution in [0, 0.1) is 6.92 Å². The molecule has 0 aliphatic heterocycles. The van der Waals surface area contributed by atoms with Gasteiger partial charge in [-0.1, -0.05) is 29.4 Å². The summed E-state index contributed by atoms with van der Waals surface area (Å²) in [6.45, 7) is 3.53. The van der Waals surface area contributed by atoms with Crippen molar-refractivity contribution in [2.75, 3.05) is 5.73 Å². The minimum absolute atomic E-state index is 0.165. The fraction of sp³-hybridized carbons (Fsp3) is 0.278. The molecular formula is C18H19ClN6O3S. The number of thioether (sulfide) groups is 1. The Bertz CT molecular complexity index is 1230. The van der Waals surface area contributed by atoms with Gasteiger partial charge >= 0.3 is 5.69 Å². The first-order chi connectivity index (χ1) is 13.6. The maximum atomic E-state index is 13.0. The number of carbonyl (C=O) groups is 1. The van der Waals surface area contributed by atoms with Crippen LogP contribution in [0.2, 0.25) is 5.02 Å². The summed E-state index contributed by atoms with van der Waals surface area (Å²) in [5.41, 5.74) is 6.02. The Morgan fingerprint density at radius 3 is 2.59 bits per heavy atom. The predicted octanol–water partition coefficient (Wildman–Crippen LogP) is 1.57. The fourth-order valence-electron chi connectivity index (χ4n) is 2.72. The van der Waals surface area contributed by atoms with Gasteiger partial charge < -0.3 is 5.73 Å². The average Bonchev–Trinajstić information content (AvgIpc) is 3.15. The zero-order chi connectivity index (χ0) is 21.5. The number of Topliss-reactive ketones (excluding diaryl/α,β-unsaturated/α-hetero) is 1. The molecular weight excluding hydrogens is 416 g/mol. The van der Waals surface area contributed by atoms with Crippen LogP contribution in [0.3, 0.4) is 0 Å². The SMILES string of the molecule is Cc1ccc(-n2cnnc2SC(C)C(=O)c2c(N)n(C)c(=O)n(C)c2=O)cc1Cl. The molecule has 29 heavy (non-hydrogen) atoms. The molecule has 0 saturated heterocycles. The van der Waals surface area contributed by atoms with Gasteiger partial charge in [0.2, 0.25) is 0 Å². The lowest BCUT2D eigenvalue weighted by atomic mass is 10.1. The van der Waals surface area contributed by atoms with Crippen molar-refractivity contribution in [3.63, 3.8) is 0 Å². The van der Waals surface area contributed by atoms with Crippen LogP contribution in [0.25, 0.3) is 5.69 Å². The van der Waals surface area contributed by atoms with E-state index in [1.165, 1.54) is 20.4 Å².